The van der Waals surface area contributed by atoms with Crippen molar-refractivity contribution in [3.8, 4) is 84.6 Å². The van der Waals surface area contributed by atoms with Gasteiger partial charge in [-0.05, 0) is 245 Å². The van der Waals surface area contributed by atoms with Crippen molar-refractivity contribution in [3.05, 3.63) is 503 Å². The van der Waals surface area contributed by atoms with Crippen LogP contribution in [0.15, 0.2) is 492 Å². The van der Waals surface area contributed by atoms with Gasteiger partial charge < -0.3 is 32.0 Å². The maximum Gasteiger partial charge on any atom is 0.161 e. The second-order valence-corrected chi connectivity index (χ2v) is 37.4. The van der Waals surface area contributed by atoms with Crippen LogP contribution in [0.5, 0.6) is 0 Å². The molecule has 0 saturated heterocycles. The van der Waals surface area contributed by atoms with Gasteiger partial charge in [-0.1, -0.05) is 299 Å². The molecule has 0 N–H and O–H groups in total. The Morgan fingerprint density at radius 2 is 0.464 bits per heavy atom. The highest BCUT2D eigenvalue weighted by molar-refractivity contribution is 6.33. The van der Waals surface area contributed by atoms with Gasteiger partial charge in [0.05, 0.1) is 82.8 Å². The van der Waals surface area contributed by atoms with E-state index >= 15 is 0 Å². The number of nitrogens with zero attached hydrogens (tertiary/aromatic N) is 9. The number of hydrogen-bond acceptors (Lipinski definition) is 2. The second-order valence-electron chi connectivity index (χ2n) is 37.4. The predicted octanol–water partition coefficient (Wildman–Crippen LogP) is 34.0. The van der Waals surface area contributed by atoms with Gasteiger partial charge in [0.1, 0.15) is 0 Å². The van der Waals surface area contributed by atoms with Crippen molar-refractivity contribution in [1.82, 2.24) is 41.9 Å². The van der Waals surface area contributed by atoms with E-state index in [1.165, 1.54) is 209 Å². The Bertz CT molecular complexity index is 10100. The first-order valence-electron chi connectivity index (χ1n) is 48.2. The van der Waals surface area contributed by atoms with Crippen LogP contribution in [0.3, 0.4) is 0 Å². The zero-order valence-corrected chi connectivity index (χ0v) is 76.8. The maximum atomic E-state index is 5.03. The van der Waals surface area contributed by atoms with Crippen LogP contribution in [0.4, 0.5) is 0 Å². The largest absolute Gasteiger partial charge is 0.309 e. The van der Waals surface area contributed by atoms with Gasteiger partial charge in [0.25, 0.3) is 0 Å². The molecule has 8 aromatic heterocycles. The van der Waals surface area contributed by atoms with Crippen LogP contribution < -0.4 is 0 Å². The van der Waals surface area contributed by atoms with E-state index in [2.05, 4.69) is 519 Å². The SMILES string of the molecule is CC1(C)c2ccccc2-c2ccc(-c3ccc4c(c3)c3c5c6ccccc6n(-c6ccccc6)c5ccc3n4-c3ccccc3)cc21.c1ccc(-n2c3ccccc3c3c4c5cccc(-c6ncc7ccccc7n6)c5n(-c5ccccc5)c4ccc32)cc1.c1ccc(-n2c3ccccc3c3cc(-c4ccc5c(c4)c4c6c7ccccc7n(-c7ccccc7)c6ccc4n5-c4ccccc4)ccc32)cc1. The van der Waals surface area contributed by atoms with Crippen LogP contribution in [0.2, 0.25) is 0 Å². The Hall–Kier alpha value is -18.4. The molecule has 1 aliphatic rings. The lowest BCUT2D eigenvalue weighted by Crippen LogP contribution is -2.14. The van der Waals surface area contributed by atoms with Crippen molar-refractivity contribution in [1.29, 1.82) is 0 Å². The fourth-order valence-electron chi connectivity index (χ4n) is 23.4. The van der Waals surface area contributed by atoms with E-state index in [1.807, 2.05) is 18.3 Å². The third-order valence-corrected chi connectivity index (χ3v) is 29.5. The Morgan fingerprint density at radius 3 is 0.900 bits per heavy atom. The standard InChI is InChI=1S/C48H31N3.C45H32N2.C38H24N4/c1-4-14-34(15-5-1)49-41-22-12-10-20-37(41)39-30-32(24-26-43(39)49)33-25-27-44-40(31-33)48-46(51(44)36-18-8-3-9-19-36)29-28-45-47(48)38-21-11-13-23-42(38)50(45)35-16-6-2-7-17-35;1-45(2)37-19-11-9-17-33(37)34-23-21-30(28-38(34)45)29-22-24-40-36(27-29)44-42(47(40)32-15-7-4-8-16-32)26-25-41-43(44)35-18-10-12-20-39(35)46(41)31-13-5-3-6-14-31;1-3-13-26(14-4-1)41-32-21-10-8-17-28(32)35-33(41)22-23-34-36(35)29-18-11-19-30(37(29)42(34)27-15-5-2-6-16-27)38-39-24-25-12-7-9-20-31(25)40-38/h1-31H;3-28H,1-2H3;1-24H. The molecule has 0 radical (unpaired) electrons. The molecule has 140 heavy (non-hydrogen) atoms. The van der Waals surface area contributed by atoms with Crippen LogP contribution in [0.25, 0.3) is 248 Å². The highest BCUT2D eigenvalue weighted by atomic mass is 15.0. The number of rotatable bonds is 10. The van der Waals surface area contributed by atoms with Crippen molar-refractivity contribution in [2.45, 2.75) is 19.3 Å². The maximum absolute atomic E-state index is 5.03. The number of benzene rings is 21. The van der Waals surface area contributed by atoms with Crippen LogP contribution >= 0.6 is 0 Å². The molecule has 0 saturated carbocycles. The lowest BCUT2D eigenvalue weighted by atomic mass is 9.81. The molecule has 8 heterocycles. The second kappa shape index (κ2) is 31.9. The molecule has 29 aromatic rings. The van der Waals surface area contributed by atoms with Gasteiger partial charge in [-0.2, -0.15) is 0 Å². The Labute approximate surface area is 806 Å². The molecule has 0 aliphatic heterocycles. The minimum absolute atomic E-state index is 0.0409. The summed E-state index contributed by atoms with van der Waals surface area (Å²) in [6.07, 6.45) is 1.93. The molecule has 9 nitrogen and oxygen atoms in total. The minimum Gasteiger partial charge on any atom is -0.309 e. The lowest BCUT2D eigenvalue weighted by Gasteiger charge is -2.22. The Balaban J connectivity index is 0.000000104. The summed E-state index contributed by atoms with van der Waals surface area (Å²) in [5, 5.41) is 18.7. The Kier molecular flexibility index (Phi) is 18.2. The molecule has 9 heteroatoms. The van der Waals surface area contributed by atoms with Crippen molar-refractivity contribution in [3.63, 3.8) is 0 Å². The summed E-state index contributed by atoms with van der Waals surface area (Å²) in [4.78, 5) is 9.89. The average molecular weight is 1790 g/mol. The molecule has 1 aliphatic carbocycles. The van der Waals surface area contributed by atoms with Crippen LogP contribution in [-0.4, -0.2) is 41.9 Å². The summed E-state index contributed by atoms with van der Waals surface area (Å²) in [6.45, 7) is 4.72. The van der Waals surface area contributed by atoms with Gasteiger partial charge in [0.2, 0.25) is 0 Å². The number of hydrogen-bond donors (Lipinski definition) is 0. The van der Waals surface area contributed by atoms with Crippen molar-refractivity contribution in [2.24, 2.45) is 0 Å². The van der Waals surface area contributed by atoms with Crippen molar-refractivity contribution < 1.29 is 0 Å². The predicted molar refractivity (Wildman–Crippen MR) is 587 cm³/mol. The molecule has 0 bridgehead atoms. The third-order valence-electron chi connectivity index (χ3n) is 29.5. The number of fused-ring (bicyclic) bond motifs is 28. The molecular formula is C131H87N9. The summed E-state index contributed by atoms with van der Waals surface area (Å²) < 4.78 is 16.8. The average Bonchev–Trinajstić information content (AvgIpc) is 1.54. The summed E-state index contributed by atoms with van der Waals surface area (Å²) in [5.74, 6) is 0.724. The quantitative estimate of drug-likeness (QED) is 0.137. The molecular weight excluding hydrogens is 1700 g/mol. The monoisotopic (exact) mass is 1790 g/mol. The van der Waals surface area contributed by atoms with Crippen molar-refractivity contribution >= 4 is 164 Å². The fraction of sp³-hybridized carbons (Fsp3) is 0.0229. The summed E-state index contributed by atoms with van der Waals surface area (Å²) in [7, 11) is 0. The molecule has 0 amide bonds. The van der Waals surface area contributed by atoms with E-state index in [9.17, 15) is 0 Å². The van der Waals surface area contributed by atoms with E-state index in [0.29, 0.717) is 0 Å². The van der Waals surface area contributed by atoms with E-state index in [0.717, 1.165) is 50.4 Å². The first-order chi connectivity index (χ1) is 69.3. The first kappa shape index (κ1) is 80.1. The molecule has 656 valence electrons. The van der Waals surface area contributed by atoms with Gasteiger partial charge in [-0.3, -0.25) is 0 Å². The van der Waals surface area contributed by atoms with E-state index < -0.39 is 0 Å². The highest BCUT2D eigenvalue weighted by Crippen LogP contribution is 2.53. The smallest absolute Gasteiger partial charge is 0.161 e. The normalized spacial score (nSPS) is 12.4. The molecule has 0 fully saturated rings. The number of para-hydroxylation sites is 13. The van der Waals surface area contributed by atoms with Crippen LogP contribution in [-0.2, 0) is 5.41 Å². The summed E-state index contributed by atoms with van der Waals surface area (Å²) in [6, 6.07) is 176. The Morgan fingerprint density at radius 1 is 0.186 bits per heavy atom. The third kappa shape index (κ3) is 12.3. The van der Waals surface area contributed by atoms with E-state index in [-0.39, 0.29) is 5.41 Å². The van der Waals surface area contributed by atoms with Gasteiger partial charge in [-0.15, -0.1) is 0 Å². The molecule has 30 rings (SSSR count). The summed E-state index contributed by atoms with van der Waals surface area (Å²) in [5.41, 5.74) is 37.2. The fourth-order valence-corrected chi connectivity index (χ4v) is 23.4. The molecule has 21 aromatic carbocycles. The molecule has 0 spiro atoms. The summed E-state index contributed by atoms with van der Waals surface area (Å²) >= 11 is 0. The van der Waals surface area contributed by atoms with E-state index in [1.54, 1.807) is 0 Å². The minimum atomic E-state index is -0.0409. The topological polar surface area (TPSA) is 60.3 Å². The highest BCUT2D eigenvalue weighted by Gasteiger charge is 2.36. The van der Waals surface area contributed by atoms with Crippen molar-refractivity contribution in [2.75, 3.05) is 0 Å². The van der Waals surface area contributed by atoms with Crippen LogP contribution in [0.1, 0.15) is 25.0 Å². The van der Waals surface area contributed by atoms with Gasteiger partial charge in [0.15, 0.2) is 5.82 Å². The van der Waals surface area contributed by atoms with Gasteiger partial charge >= 0.3 is 0 Å². The first-order valence-corrected chi connectivity index (χ1v) is 48.2. The van der Waals surface area contributed by atoms with E-state index in [4.69, 9.17) is 9.97 Å². The molecule has 0 unspecified atom stereocenters. The lowest BCUT2D eigenvalue weighted by molar-refractivity contribution is 0.660. The van der Waals surface area contributed by atoms with Gasteiger partial charge in [0, 0.05) is 138 Å². The zero-order chi connectivity index (χ0) is 92.4. The van der Waals surface area contributed by atoms with Crippen LogP contribution in [0, 0.1) is 0 Å². The zero-order valence-electron chi connectivity index (χ0n) is 76.8. The van der Waals surface area contributed by atoms with Gasteiger partial charge in [-0.25, -0.2) is 9.97 Å². The number of aromatic nitrogens is 9. The molecule has 0 atom stereocenters.